The summed E-state index contributed by atoms with van der Waals surface area (Å²) in [4.78, 5) is 9.29. The van der Waals surface area contributed by atoms with Crippen LogP contribution < -0.4 is 0 Å². The average molecular weight is 146 g/mol. The van der Waals surface area contributed by atoms with Crippen molar-refractivity contribution in [2.45, 2.75) is 27.2 Å². The summed E-state index contributed by atoms with van der Waals surface area (Å²) in [5.41, 5.74) is 0. The monoisotopic (exact) mass is 146 g/mol. The highest BCUT2D eigenvalue weighted by atomic mass is 17.2. The zero-order valence-corrected chi connectivity index (χ0v) is 7.39. The molecule has 0 rings (SSSR count). The molecule has 0 aromatic heterocycles. The van der Waals surface area contributed by atoms with Crippen molar-refractivity contribution >= 4 is 0 Å². The van der Waals surface area contributed by atoms with Gasteiger partial charge in [-0.05, 0) is 18.3 Å². The highest BCUT2D eigenvalue weighted by Gasteiger charge is 2.04. The van der Waals surface area contributed by atoms with E-state index in [0.29, 0.717) is 12.5 Å². The third-order valence-electron chi connectivity index (χ3n) is 1.34. The number of hydrogen-bond donors (Lipinski definition) is 0. The van der Waals surface area contributed by atoms with E-state index < -0.39 is 0 Å². The van der Waals surface area contributed by atoms with Crippen LogP contribution in [0.15, 0.2) is 0 Å². The van der Waals surface area contributed by atoms with Crippen LogP contribution >= 0.6 is 0 Å². The molecule has 0 aliphatic rings. The number of hydrogen-bond acceptors (Lipinski definition) is 2. The second-order valence-electron chi connectivity index (χ2n) is 3.19. The molecule has 2 nitrogen and oxygen atoms in total. The standard InChI is InChI=1S/C8H18O2/c1-7(2)5-8(3)6-10-9-4/h7-8H,5-6H2,1-4H3. The molecule has 0 aliphatic heterocycles. The van der Waals surface area contributed by atoms with Gasteiger partial charge in [0.25, 0.3) is 0 Å². The van der Waals surface area contributed by atoms with Gasteiger partial charge in [0.2, 0.25) is 0 Å². The van der Waals surface area contributed by atoms with Crippen molar-refractivity contribution in [1.82, 2.24) is 0 Å². The quantitative estimate of drug-likeness (QED) is 0.437. The van der Waals surface area contributed by atoms with Crippen LogP contribution in [0.25, 0.3) is 0 Å². The molecule has 0 saturated carbocycles. The van der Waals surface area contributed by atoms with E-state index in [4.69, 9.17) is 4.89 Å². The van der Waals surface area contributed by atoms with Gasteiger partial charge in [-0.15, -0.1) is 0 Å². The van der Waals surface area contributed by atoms with E-state index in [2.05, 4.69) is 25.7 Å². The van der Waals surface area contributed by atoms with Gasteiger partial charge in [0.05, 0.1) is 13.7 Å². The Bertz CT molecular complexity index is 71.7. The summed E-state index contributed by atoms with van der Waals surface area (Å²) < 4.78 is 0. The molecular formula is C8H18O2. The van der Waals surface area contributed by atoms with Gasteiger partial charge in [0, 0.05) is 0 Å². The average Bonchev–Trinajstić information content (AvgIpc) is 1.82. The van der Waals surface area contributed by atoms with Gasteiger partial charge in [-0.2, -0.15) is 0 Å². The molecule has 0 aliphatic carbocycles. The van der Waals surface area contributed by atoms with Gasteiger partial charge in [0.1, 0.15) is 0 Å². The zero-order chi connectivity index (χ0) is 7.98. The van der Waals surface area contributed by atoms with Crippen LogP contribution in [0.1, 0.15) is 27.2 Å². The van der Waals surface area contributed by atoms with Crippen LogP contribution in [-0.4, -0.2) is 13.7 Å². The Labute approximate surface area is 63.5 Å². The highest BCUT2D eigenvalue weighted by Crippen LogP contribution is 2.10. The zero-order valence-electron chi connectivity index (χ0n) is 7.39. The molecule has 10 heavy (non-hydrogen) atoms. The van der Waals surface area contributed by atoms with Crippen LogP contribution in [0.2, 0.25) is 0 Å². The Morgan fingerprint density at radius 2 is 1.80 bits per heavy atom. The molecule has 0 heterocycles. The van der Waals surface area contributed by atoms with E-state index in [9.17, 15) is 0 Å². The Hall–Kier alpha value is -0.0800. The van der Waals surface area contributed by atoms with Crippen molar-refractivity contribution in [1.29, 1.82) is 0 Å². The van der Waals surface area contributed by atoms with Crippen molar-refractivity contribution in [3.8, 4) is 0 Å². The molecule has 62 valence electrons. The van der Waals surface area contributed by atoms with Gasteiger partial charge in [-0.1, -0.05) is 20.8 Å². The summed E-state index contributed by atoms with van der Waals surface area (Å²) in [5, 5.41) is 0. The fourth-order valence-corrected chi connectivity index (χ4v) is 1.06. The summed E-state index contributed by atoms with van der Waals surface area (Å²) in [5.74, 6) is 1.34. The minimum absolute atomic E-state index is 0.597. The molecule has 0 N–H and O–H groups in total. The molecule has 0 amide bonds. The predicted octanol–water partition coefficient (Wildman–Crippen LogP) is 2.25. The van der Waals surface area contributed by atoms with Gasteiger partial charge in [-0.3, -0.25) is 0 Å². The SMILES string of the molecule is COOCC(C)CC(C)C. The van der Waals surface area contributed by atoms with E-state index in [-0.39, 0.29) is 0 Å². The van der Waals surface area contributed by atoms with Gasteiger partial charge in [-0.25, -0.2) is 9.78 Å². The molecule has 0 saturated heterocycles. The Morgan fingerprint density at radius 3 is 2.20 bits per heavy atom. The maximum atomic E-state index is 4.80. The molecular weight excluding hydrogens is 128 g/mol. The first kappa shape index (κ1) is 9.92. The molecule has 0 spiro atoms. The molecule has 2 heteroatoms. The van der Waals surface area contributed by atoms with E-state index in [1.807, 2.05) is 0 Å². The fourth-order valence-electron chi connectivity index (χ4n) is 1.06. The Morgan fingerprint density at radius 1 is 1.20 bits per heavy atom. The normalized spacial score (nSPS) is 14.1. The van der Waals surface area contributed by atoms with Crippen LogP contribution in [0.5, 0.6) is 0 Å². The third kappa shape index (κ3) is 6.05. The first-order chi connectivity index (χ1) is 4.66. The maximum Gasteiger partial charge on any atom is 0.0847 e. The molecule has 1 atom stereocenters. The van der Waals surface area contributed by atoms with E-state index >= 15 is 0 Å². The lowest BCUT2D eigenvalue weighted by molar-refractivity contribution is -0.279. The topological polar surface area (TPSA) is 18.5 Å². The third-order valence-corrected chi connectivity index (χ3v) is 1.34. The predicted molar refractivity (Wildman–Crippen MR) is 41.6 cm³/mol. The maximum absolute atomic E-state index is 4.80. The summed E-state index contributed by atoms with van der Waals surface area (Å²) in [6, 6.07) is 0. The van der Waals surface area contributed by atoms with Crippen molar-refractivity contribution in [3.63, 3.8) is 0 Å². The first-order valence-electron chi connectivity index (χ1n) is 3.82. The molecule has 0 fully saturated rings. The highest BCUT2D eigenvalue weighted by molar-refractivity contribution is 4.53. The largest absolute Gasteiger partial charge is 0.240 e. The van der Waals surface area contributed by atoms with Crippen molar-refractivity contribution in [2.24, 2.45) is 11.8 Å². The van der Waals surface area contributed by atoms with Crippen molar-refractivity contribution in [3.05, 3.63) is 0 Å². The lowest BCUT2D eigenvalue weighted by Gasteiger charge is -2.11. The minimum Gasteiger partial charge on any atom is -0.240 e. The minimum atomic E-state index is 0.597. The summed E-state index contributed by atoms with van der Waals surface area (Å²) in [6.07, 6.45) is 1.20. The summed E-state index contributed by atoms with van der Waals surface area (Å²) in [6.45, 7) is 7.29. The molecule has 1 unspecified atom stereocenters. The van der Waals surface area contributed by atoms with E-state index in [1.54, 1.807) is 7.11 Å². The van der Waals surface area contributed by atoms with Gasteiger partial charge in [0.15, 0.2) is 0 Å². The first-order valence-corrected chi connectivity index (χ1v) is 3.82. The Kier molecular flexibility index (Phi) is 5.64. The molecule has 0 aromatic rings. The van der Waals surface area contributed by atoms with Crippen LogP contribution in [0.3, 0.4) is 0 Å². The smallest absolute Gasteiger partial charge is 0.0847 e. The van der Waals surface area contributed by atoms with Crippen LogP contribution in [0, 0.1) is 11.8 Å². The molecule has 0 radical (unpaired) electrons. The molecule has 0 bridgehead atoms. The Balaban J connectivity index is 3.16. The summed E-state index contributed by atoms with van der Waals surface area (Å²) in [7, 11) is 1.54. The van der Waals surface area contributed by atoms with Crippen LogP contribution in [-0.2, 0) is 9.78 Å². The van der Waals surface area contributed by atoms with Crippen LogP contribution in [0.4, 0.5) is 0 Å². The van der Waals surface area contributed by atoms with Gasteiger partial charge >= 0.3 is 0 Å². The van der Waals surface area contributed by atoms with Crippen molar-refractivity contribution < 1.29 is 9.78 Å². The second kappa shape index (κ2) is 5.69. The lowest BCUT2D eigenvalue weighted by atomic mass is 10.0. The lowest BCUT2D eigenvalue weighted by Crippen LogP contribution is -2.07. The molecule has 0 aromatic carbocycles. The fraction of sp³-hybridized carbons (Fsp3) is 1.00. The second-order valence-corrected chi connectivity index (χ2v) is 3.19. The van der Waals surface area contributed by atoms with Crippen molar-refractivity contribution in [2.75, 3.05) is 13.7 Å². The number of rotatable bonds is 5. The van der Waals surface area contributed by atoms with E-state index in [0.717, 1.165) is 5.92 Å². The van der Waals surface area contributed by atoms with Gasteiger partial charge < -0.3 is 0 Å². The summed E-state index contributed by atoms with van der Waals surface area (Å²) >= 11 is 0. The van der Waals surface area contributed by atoms with E-state index in [1.165, 1.54) is 6.42 Å².